The first-order valence-corrected chi connectivity index (χ1v) is 9.87. The van der Waals surface area contributed by atoms with Gasteiger partial charge in [0.25, 0.3) is 0 Å². The van der Waals surface area contributed by atoms with Gasteiger partial charge in [-0.25, -0.2) is 9.59 Å². The van der Waals surface area contributed by atoms with Gasteiger partial charge in [0.1, 0.15) is 5.41 Å². The Hall–Kier alpha value is -2.05. The Bertz CT molecular complexity index is 839. The molecule has 6 nitrogen and oxygen atoms in total. The number of hydrogen-bond donors (Lipinski definition) is 1. The first-order chi connectivity index (χ1) is 12.9. The number of carbonyl (C=O) groups excluding carboxylic acids is 1. The SMILES string of the molecule is CC(C)(C)OCCC=[N+]1C(=O)C2(CC2)c2c(C(C(=O)O)[N+](C)(C)C)cccc21. The average molecular weight is 389 g/mol. The van der Waals surface area contributed by atoms with Crippen molar-refractivity contribution < 1.29 is 28.5 Å². The van der Waals surface area contributed by atoms with Crippen molar-refractivity contribution in [3.05, 3.63) is 29.3 Å². The lowest BCUT2D eigenvalue weighted by Gasteiger charge is -2.32. The van der Waals surface area contributed by atoms with Gasteiger partial charge in [-0.2, -0.15) is 0 Å². The zero-order valence-electron chi connectivity index (χ0n) is 17.8. The van der Waals surface area contributed by atoms with Crippen LogP contribution in [-0.2, 0) is 19.7 Å². The minimum Gasteiger partial charge on any atom is -0.477 e. The molecule has 0 bridgehead atoms. The summed E-state index contributed by atoms with van der Waals surface area (Å²) in [5.74, 6) is -0.804. The number of fused-ring (bicyclic) bond motifs is 2. The van der Waals surface area contributed by atoms with Gasteiger partial charge in [0.2, 0.25) is 11.7 Å². The monoisotopic (exact) mass is 388 g/mol. The van der Waals surface area contributed by atoms with Crippen molar-refractivity contribution in [2.75, 3.05) is 27.7 Å². The number of nitrogens with zero attached hydrogens (tertiary/aromatic N) is 2. The Morgan fingerprint density at radius 1 is 1.32 bits per heavy atom. The van der Waals surface area contributed by atoms with Crippen LogP contribution in [0, 0.1) is 0 Å². The Morgan fingerprint density at radius 2 is 1.96 bits per heavy atom. The zero-order chi connectivity index (χ0) is 20.9. The van der Waals surface area contributed by atoms with E-state index in [0.717, 1.165) is 29.7 Å². The average Bonchev–Trinajstić information content (AvgIpc) is 3.28. The third kappa shape index (κ3) is 3.63. The van der Waals surface area contributed by atoms with Crippen LogP contribution in [0.3, 0.4) is 0 Å². The van der Waals surface area contributed by atoms with Crippen LogP contribution in [0.15, 0.2) is 18.2 Å². The van der Waals surface area contributed by atoms with Crippen molar-refractivity contribution in [3.8, 4) is 0 Å². The molecule has 1 unspecified atom stereocenters. The fourth-order valence-corrected chi connectivity index (χ4v) is 4.15. The molecule has 2 aliphatic rings. The highest BCUT2D eigenvalue weighted by Gasteiger charge is 2.66. The first kappa shape index (κ1) is 20.7. The maximum absolute atomic E-state index is 13.2. The minimum atomic E-state index is -0.870. The molecule has 0 saturated heterocycles. The Kier molecular flexibility index (Phi) is 5.01. The molecule has 1 N–H and O–H groups in total. The molecule has 1 saturated carbocycles. The highest BCUT2D eigenvalue weighted by Crippen LogP contribution is 2.59. The Morgan fingerprint density at radius 3 is 2.46 bits per heavy atom. The van der Waals surface area contributed by atoms with E-state index in [-0.39, 0.29) is 16.0 Å². The number of rotatable bonds is 6. The number of benzene rings is 1. The first-order valence-electron chi connectivity index (χ1n) is 9.87. The van der Waals surface area contributed by atoms with Crippen molar-refractivity contribution in [2.45, 2.75) is 57.1 Å². The molecule has 1 fully saturated rings. The lowest BCUT2D eigenvalue weighted by atomic mass is 9.88. The smallest absolute Gasteiger partial charge is 0.403 e. The normalized spacial score (nSPS) is 20.5. The summed E-state index contributed by atoms with van der Waals surface area (Å²) in [6, 6.07) is 4.95. The molecule has 1 aliphatic carbocycles. The molecular formula is C22H32N2O4+2. The molecule has 1 aliphatic heterocycles. The zero-order valence-corrected chi connectivity index (χ0v) is 17.8. The second-order valence-corrected chi connectivity index (χ2v) is 9.79. The van der Waals surface area contributed by atoms with E-state index in [1.165, 1.54) is 0 Å². The van der Waals surface area contributed by atoms with E-state index in [4.69, 9.17) is 4.74 Å². The van der Waals surface area contributed by atoms with E-state index in [9.17, 15) is 14.7 Å². The molecule has 1 heterocycles. The van der Waals surface area contributed by atoms with Gasteiger partial charge in [-0.3, -0.25) is 0 Å². The van der Waals surface area contributed by atoms with Gasteiger partial charge in [-0.05, 0) is 33.6 Å². The van der Waals surface area contributed by atoms with Crippen LogP contribution >= 0.6 is 0 Å². The van der Waals surface area contributed by atoms with Gasteiger partial charge in [-0.1, -0.05) is 12.1 Å². The molecule has 1 atom stereocenters. The van der Waals surface area contributed by atoms with Gasteiger partial charge in [0.15, 0.2) is 6.21 Å². The predicted octanol–water partition coefficient (Wildman–Crippen LogP) is 3.01. The lowest BCUT2D eigenvalue weighted by molar-refractivity contribution is -0.893. The molecule has 6 heteroatoms. The largest absolute Gasteiger partial charge is 0.477 e. The van der Waals surface area contributed by atoms with E-state index >= 15 is 0 Å². The summed E-state index contributed by atoms with van der Waals surface area (Å²) < 4.78 is 7.76. The maximum atomic E-state index is 13.2. The maximum Gasteiger partial charge on any atom is 0.403 e. The Labute approximate surface area is 167 Å². The van der Waals surface area contributed by atoms with Gasteiger partial charge in [0, 0.05) is 18.1 Å². The number of quaternary nitrogens is 1. The number of carbonyl (C=O) groups is 2. The fourth-order valence-electron chi connectivity index (χ4n) is 4.15. The van der Waals surface area contributed by atoms with Crippen molar-refractivity contribution >= 4 is 23.8 Å². The standard InChI is InChI=1S/C22H31N2O4/c1-21(2,3)28-14-8-13-23-16-10-7-9-15(18(19(25)26)24(4,5)6)17(16)22(11-12-22)20(23)27/h7,9-10,13,18H,8,11-12,14H2,1-6H3/q+1/p+1. The second-order valence-electron chi connectivity index (χ2n) is 9.79. The topological polar surface area (TPSA) is 66.6 Å². The number of amides is 1. The molecule has 1 spiro atoms. The predicted molar refractivity (Wildman–Crippen MR) is 107 cm³/mol. The molecule has 28 heavy (non-hydrogen) atoms. The fraction of sp³-hybridized carbons (Fsp3) is 0.591. The van der Waals surface area contributed by atoms with Crippen LogP contribution in [0.5, 0.6) is 0 Å². The minimum absolute atomic E-state index is 0.0660. The van der Waals surface area contributed by atoms with Crippen molar-refractivity contribution in [1.29, 1.82) is 0 Å². The Balaban J connectivity index is 2.03. The molecule has 152 valence electrons. The van der Waals surface area contributed by atoms with Crippen LogP contribution in [0.4, 0.5) is 5.69 Å². The number of likely N-dealkylation sites (N-methyl/N-ethyl adjacent to an activating group) is 1. The summed E-state index contributed by atoms with van der Waals surface area (Å²) in [4.78, 5) is 25.3. The summed E-state index contributed by atoms with van der Waals surface area (Å²) in [5.41, 5.74) is 1.73. The third-order valence-corrected chi connectivity index (χ3v) is 5.46. The van der Waals surface area contributed by atoms with Gasteiger partial charge in [0.05, 0.1) is 38.9 Å². The number of ether oxygens (including phenoxy) is 1. The summed E-state index contributed by atoms with van der Waals surface area (Å²) in [7, 11) is 5.63. The molecule has 3 rings (SSSR count). The summed E-state index contributed by atoms with van der Waals surface area (Å²) in [6.45, 7) is 6.55. The molecule has 1 aromatic rings. The summed E-state index contributed by atoms with van der Waals surface area (Å²) in [6.07, 6.45) is 4.08. The summed E-state index contributed by atoms with van der Waals surface area (Å²) in [5, 5.41) is 9.93. The highest BCUT2D eigenvalue weighted by molar-refractivity contribution is 5.96. The third-order valence-electron chi connectivity index (χ3n) is 5.46. The second kappa shape index (κ2) is 6.78. The van der Waals surface area contributed by atoms with Crippen molar-refractivity contribution in [3.63, 3.8) is 0 Å². The van der Waals surface area contributed by atoms with E-state index in [1.54, 1.807) is 4.58 Å². The van der Waals surface area contributed by atoms with E-state index in [1.807, 2.05) is 66.3 Å². The number of aliphatic carboxylic acids is 1. The number of carboxylic acid groups (broad SMARTS) is 1. The quantitative estimate of drug-likeness (QED) is 0.462. The van der Waals surface area contributed by atoms with Crippen LogP contribution in [-0.4, -0.2) is 65.6 Å². The number of hydrogen-bond acceptors (Lipinski definition) is 3. The van der Waals surface area contributed by atoms with Gasteiger partial charge >= 0.3 is 11.9 Å². The van der Waals surface area contributed by atoms with Crippen LogP contribution in [0.1, 0.15) is 57.2 Å². The van der Waals surface area contributed by atoms with Crippen LogP contribution < -0.4 is 0 Å². The van der Waals surface area contributed by atoms with E-state index < -0.39 is 17.4 Å². The van der Waals surface area contributed by atoms with E-state index in [0.29, 0.717) is 13.0 Å². The van der Waals surface area contributed by atoms with Crippen molar-refractivity contribution in [1.82, 2.24) is 0 Å². The molecule has 1 aromatic carbocycles. The molecule has 1 amide bonds. The lowest BCUT2D eigenvalue weighted by Crippen LogP contribution is -2.43. The molecule has 0 aromatic heterocycles. The van der Waals surface area contributed by atoms with Crippen LogP contribution in [0.25, 0.3) is 0 Å². The van der Waals surface area contributed by atoms with Gasteiger partial charge in [-0.15, -0.1) is 4.58 Å². The van der Waals surface area contributed by atoms with Crippen molar-refractivity contribution in [2.24, 2.45) is 0 Å². The molecular weight excluding hydrogens is 356 g/mol. The summed E-state index contributed by atoms with van der Waals surface area (Å²) >= 11 is 0. The van der Waals surface area contributed by atoms with E-state index in [2.05, 4.69) is 0 Å². The number of carboxylic acids is 1. The van der Waals surface area contributed by atoms with Gasteiger partial charge < -0.3 is 14.3 Å². The molecule has 0 radical (unpaired) electrons. The highest BCUT2D eigenvalue weighted by atomic mass is 16.5. The van der Waals surface area contributed by atoms with Crippen LogP contribution in [0.2, 0.25) is 0 Å².